The third-order valence-electron chi connectivity index (χ3n) is 9.75. The number of carbonyl (C=O) groups excluding carboxylic acids is 6. The number of carbonyl (C=O) groups is 6. The Labute approximate surface area is 483 Å². The zero-order valence-corrected chi connectivity index (χ0v) is 53.1. The number of hydrogen-bond acceptors (Lipinski definition) is 6. The van der Waals surface area contributed by atoms with Gasteiger partial charge in [0.25, 0.3) is 0 Å². The maximum atomic E-state index is 10.3. The van der Waals surface area contributed by atoms with Gasteiger partial charge < -0.3 is 71.6 Å². The van der Waals surface area contributed by atoms with Crippen molar-refractivity contribution in [3.8, 4) is 0 Å². The van der Waals surface area contributed by atoms with Gasteiger partial charge in [-0.3, -0.25) is 34.8 Å². The molecule has 0 heterocycles. The number of rotatable bonds is 36. The maximum absolute atomic E-state index is 10.3. The SMILES string of the molecule is CCCCCCCC(N)=O.CCCCCCCC(N)=O.CCCCCCCC(N)=O.CCCCCCCC(N)=O.CCCCCCCC(N)=O.CCCCCCCC(N)=O.C[Si](C)C.[C-]1=CC=CC1.[Cl-].[Cl-].[Cl-].[V+4]. The van der Waals surface area contributed by atoms with Crippen molar-refractivity contribution in [3.63, 3.8) is 0 Å². The van der Waals surface area contributed by atoms with E-state index >= 15 is 0 Å². The predicted octanol–water partition coefficient (Wildman–Crippen LogP) is 4.68. The second-order valence-electron chi connectivity index (χ2n) is 18.3. The molecule has 0 aromatic rings. The maximum Gasteiger partial charge on any atom is 4.00 e. The van der Waals surface area contributed by atoms with E-state index in [1.54, 1.807) is 0 Å². The molecular weight excluding hydrogens is 1040 g/mol. The van der Waals surface area contributed by atoms with Gasteiger partial charge in [-0.1, -0.05) is 215 Å². The van der Waals surface area contributed by atoms with E-state index in [9.17, 15) is 28.8 Å². The summed E-state index contributed by atoms with van der Waals surface area (Å²) < 4.78 is 0. The molecule has 73 heavy (non-hydrogen) atoms. The van der Waals surface area contributed by atoms with Gasteiger partial charge in [0.1, 0.15) is 0 Å². The second kappa shape index (κ2) is 92.5. The van der Waals surface area contributed by atoms with Gasteiger partial charge in [-0.15, -0.1) is 6.42 Å². The molecule has 1 rings (SSSR count). The van der Waals surface area contributed by atoms with Gasteiger partial charge in [-0.2, -0.15) is 6.08 Å². The molecule has 0 aliphatic heterocycles. The van der Waals surface area contributed by atoms with Crippen LogP contribution in [0.25, 0.3) is 0 Å². The van der Waals surface area contributed by atoms with Crippen LogP contribution in [0.1, 0.15) is 279 Å². The Balaban J connectivity index is -0.0000000671. The van der Waals surface area contributed by atoms with Crippen molar-refractivity contribution in [2.45, 2.75) is 299 Å². The summed E-state index contributed by atoms with van der Waals surface area (Å²) in [6, 6.07) is 0. The molecule has 0 fully saturated rings. The van der Waals surface area contributed by atoms with Crippen LogP contribution in [0.4, 0.5) is 0 Å². The first-order chi connectivity index (χ1) is 32.9. The Morgan fingerprint density at radius 3 is 0.575 bits per heavy atom. The van der Waals surface area contributed by atoms with Gasteiger partial charge in [-0.25, -0.2) is 12.2 Å². The van der Waals surface area contributed by atoms with E-state index in [1.807, 2.05) is 12.2 Å². The van der Waals surface area contributed by atoms with Crippen molar-refractivity contribution in [1.82, 2.24) is 0 Å². The normalized spacial score (nSPS) is 9.67. The van der Waals surface area contributed by atoms with E-state index in [1.165, 1.54) is 116 Å². The van der Waals surface area contributed by atoms with Gasteiger partial charge in [0, 0.05) is 47.3 Å². The van der Waals surface area contributed by atoms with Gasteiger partial charge in [-0.05, 0) is 38.5 Å². The Bertz CT molecular complexity index is 963. The quantitative estimate of drug-likeness (QED) is 0.0295. The molecule has 0 aromatic carbocycles. The molecule has 1 aliphatic rings. The summed E-state index contributed by atoms with van der Waals surface area (Å²) >= 11 is 0. The van der Waals surface area contributed by atoms with Crippen molar-refractivity contribution in [3.05, 3.63) is 24.3 Å². The minimum atomic E-state index is -0.170. The topological polar surface area (TPSA) is 259 Å². The number of primary amides is 6. The Morgan fingerprint density at radius 2 is 0.493 bits per heavy atom. The smallest absolute Gasteiger partial charge is 1.00 e. The largest absolute Gasteiger partial charge is 4.00 e. The second-order valence-corrected chi connectivity index (χ2v) is 21.3. The summed E-state index contributed by atoms with van der Waals surface area (Å²) in [6.45, 7) is 19.9. The van der Waals surface area contributed by atoms with E-state index in [4.69, 9.17) is 34.4 Å². The Morgan fingerprint density at radius 1 is 0.342 bits per heavy atom. The zero-order chi connectivity index (χ0) is 54.0. The van der Waals surface area contributed by atoms with Crippen LogP contribution >= 0.6 is 0 Å². The molecular formula is C56H116Cl3N6O6SiV. The van der Waals surface area contributed by atoms with Crippen LogP contribution < -0.4 is 71.6 Å². The van der Waals surface area contributed by atoms with Crippen LogP contribution in [-0.4, -0.2) is 44.2 Å². The first kappa shape index (κ1) is 96.6. The third kappa shape index (κ3) is 160. The fourth-order valence-electron chi connectivity index (χ4n) is 5.76. The predicted molar refractivity (Wildman–Crippen MR) is 300 cm³/mol. The number of allylic oxidation sites excluding steroid dienone is 4. The number of halogens is 3. The molecule has 0 unspecified atom stereocenters. The number of amides is 6. The van der Waals surface area contributed by atoms with E-state index in [-0.39, 0.29) is 100 Å². The van der Waals surface area contributed by atoms with Crippen LogP contribution in [0.15, 0.2) is 18.2 Å². The molecule has 436 valence electrons. The summed E-state index contributed by atoms with van der Waals surface area (Å²) in [7, 11) is 0.120. The monoisotopic (exact) mass is 1150 g/mol. The molecule has 0 atom stereocenters. The van der Waals surface area contributed by atoms with Gasteiger partial charge in [0.15, 0.2) is 0 Å². The first-order valence-electron chi connectivity index (χ1n) is 27.5. The van der Waals surface area contributed by atoms with Crippen molar-refractivity contribution in [1.29, 1.82) is 0 Å². The number of unbranched alkanes of at least 4 members (excludes halogenated alkanes) is 24. The molecule has 0 saturated heterocycles. The van der Waals surface area contributed by atoms with Crippen molar-refractivity contribution in [2.24, 2.45) is 34.4 Å². The fraction of sp³-hybridized carbons (Fsp3) is 0.821. The molecule has 6 amide bonds. The van der Waals surface area contributed by atoms with Crippen LogP contribution in [0, 0.1) is 6.08 Å². The molecule has 0 bridgehead atoms. The first-order valence-corrected chi connectivity index (χ1v) is 30.5. The molecule has 1 aliphatic carbocycles. The summed E-state index contributed by atoms with van der Waals surface area (Å²) in [6.07, 6.45) is 48.6. The molecule has 0 saturated carbocycles. The van der Waals surface area contributed by atoms with Gasteiger partial charge in [0.05, 0.1) is 0 Å². The molecule has 0 spiro atoms. The van der Waals surface area contributed by atoms with Crippen molar-refractivity contribution in [2.75, 3.05) is 0 Å². The summed E-state index contributed by atoms with van der Waals surface area (Å²) in [4.78, 5) is 61.5. The zero-order valence-electron chi connectivity index (χ0n) is 48.4. The molecule has 12 nitrogen and oxygen atoms in total. The van der Waals surface area contributed by atoms with E-state index in [0.717, 1.165) is 83.5 Å². The van der Waals surface area contributed by atoms with Crippen LogP contribution in [0.2, 0.25) is 19.6 Å². The average Bonchev–Trinajstić information content (AvgIpc) is 3.87. The summed E-state index contributed by atoms with van der Waals surface area (Å²) in [5.41, 5.74) is 29.8. The van der Waals surface area contributed by atoms with Crippen LogP contribution in [-0.2, 0) is 47.3 Å². The number of hydrogen-bond donors (Lipinski definition) is 6. The van der Waals surface area contributed by atoms with Crippen LogP contribution in [0.5, 0.6) is 0 Å². The third-order valence-corrected chi connectivity index (χ3v) is 9.75. The van der Waals surface area contributed by atoms with Gasteiger partial charge in [0.2, 0.25) is 35.4 Å². The molecule has 0 aromatic heterocycles. The Hall–Kier alpha value is -2.03. The van der Waals surface area contributed by atoms with E-state index in [0.29, 0.717) is 38.5 Å². The standard InChI is InChI=1S/6C8H17NO.C5H5.C3H9Si.3ClH.V/c6*1-2-3-4-5-6-7-8(9)10;1-2-4-5-3-1;1-4(2)3;;;;/h6*2-7H2,1H3,(H2,9,10);1-3H,4H2;1-3H3;3*1H;/q;;;;;;-1;;;;;+4/p-3. The van der Waals surface area contributed by atoms with Crippen LogP contribution in [0.3, 0.4) is 0 Å². The van der Waals surface area contributed by atoms with E-state index < -0.39 is 0 Å². The molecule has 17 heteroatoms. The minimum Gasteiger partial charge on any atom is -1.00 e. The molecule has 2 radical (unpaired) electrons. The fourth-order valence-corrected chi connectivity index (χ4v) is 5.76. The molecule has 12 N–H and O–H groups in total. The average molecular weight is 1150 g/mol. The van der Waals surface area contributed by atoms with Crippen molar-refractivity contribution >= 4 is 44.2 Å². The number of nitrogens with two attached hydrogens (primary N) is 6. The van der Waals surface area contributed by atoms with Crippen molar-refractivity contribution < 1.29 is 84.5 Å². The van der Waals surface area contributed by atoms with E-state index in [2.05, 4.69) is 73.3 Å². The minimum absolute atomic E-state index is 0. The Kier molecular flexibility index (Phi) is 122. The summed E-state index contributed by atoms with van der Waals surface area (Å²) in [5.74, 6) is -1.02. The summed E-state index contributed by atoms with van der Waals surface area (Å²) in [5, 5.41) is 0. The van der Waals surface area contributed by atoms with Gasteiger partial charge >= 0.3 is 18.6 Å².